The average Bonchev–Trinajstić information content (AvgIpc) is 2.33. The van der Waals surface area contributed by atoms with Gasteiger partial charge in [0.25, 0.3) is 5.91 Å². The smallest absolute Gasteiger partial charge is 0.281 e. The van der Waals surface area contributed by atoms with Gasteiger partial charge in [-0.25, -0.2) is 5.48 Å². The second-order valence-electron chi connectivity index (χ2n) is 3.23. The van der Waals surface area contributed by atoms with E-state index < -0.39 is 0 Å². The van der Waals surface area contributed by atoms with Crippen molar-refractivity contribution in [1.82, 2.24) is 5.48 Å². The van der Waals surface area contributed by atoms with Gasteiger partial charge in [-0.3, -0.25) is 9.63 Å². The highest BCUT2D eigenvalue weighted by molar-refractivity contribution is 9.11. The molecule has 1 N–H and O–H groups in total. The number of benzene rings is 1. The monoisotopic (exact) mass is 381 g/mol. The van der Waals surface area contributed by atoms with Gasteiger partial charge in [-0.2, -0.15) is 0 Å². The third kappa shape index (κ3) is 5.81. The van der Waals surface area contributed by atoms with E-state index in [1.54, 1.807) is 13.2 Å². The van der Waals surface area contributed by atoms with E-state index in [2.05, 4.69) is 37.3 Å². The number of hydrogen-bond acceptors (Lipinski definition) is 4. The summed E-state index contributed by atoms with van der Waals surface area (Å²) >= 11 is 6.66. The topological polar surface area (TPSA) is 56.8 Å². The van der Waals surface area contributed by atoms with Gasteiger partial charge in [0.1, 0.15) is 5.75 Å². The summed E-state index contributed by atoms with van der Waals surface area (Å²) in [5, 5.41) is 0. The van der Waals surface area contributed by atoms with Crippen LogP contribution in [0, 0.1) is 0 Å². The Labute approximate surface area is 122 Å². The van der Waals surface area contributed by atoms with Gasteiger partial charge in [-0.05, 0) is 34.1 Å². The lowest BCUT2D eigenvalue weighted by Gasteiger charge is -2.09. The Morgan fingerprint density at radius 3 is 2.78 bits per heavy atom. The molecule has 5 nitrogen and oxygen atoms in total. The zero-order chi connectivity index (χ0) is 13.4. The number of carbonyl (C=O) groups excluding carboxylic acids is 1. The van der Waals surface area contributed by atoms with E-state index in [0.29, 0.717) is 19.0 Å². The van der Waals surface area contributed by atoms with E-state index in [0.717, 1.165) is 8.95 Å². The molecule has 0 heterocycles. The molecule has 0 aliphatic carbocycles. The molecule has 0 bridgehead atoms. The van der Waals surface area contributed by atoms with Gasteiger partial charge in [-0.1, -0.05) is 15.9 Å². The van der Waals surface area contributed by atoms with Crippen molar-refractivity contribution in [3.63, 3.8) is 0 Å². The molecule has 0 radical (unpaired) electrons. The van der Waals surface area contributed by atoms with E-state index in [1.807, 2.05) is 12.1 Å². The second-order valence-corrected chi connectivity index (χ2v) is 5.00. The maximum atomic E-state index is 11.3. The number of carbonyl (C=O) groups is 1. The van der Waals surface area contributed by atoms with Gasteiger partial charge in [-0.15, -0.1) is 0 Å². The molecule has 0 aliphatic rings. The summed E-state index contributed by atoms with van der Waals surface area (Å²) in [4.78, 5) is 16.2. The first-order chi connectivity index (χ1) is 8.63. The van der Waals surface area contributed by atoms with Crippen molar-refractivity contribution < 1.29 is 19.1 Å². The molecule has 1 aromatic carbocycles. The molecular weight excluding hydrogens is 370 g/mol. The lowest BCUT2D eigenvalue weighted by Crippen LogP contribution is -2.30. The fraction of sp³-hybridized carbons (Fsp3) is 0.364. The molecule has 18 heavy (non-hydrogen) atoms. The Bertz CT molecular complexity index is 401. The van der Waals surface area contributed by atoms with Crippen LogP contribution in [-0.2, 0) is 14.4 Å². The van der Waals surface area contributed by atoms with Crippen LogP contribution in [0.3, 0.4) is 0 Å². The molecule has 7 heteroatoms. The number of ether oxygens (including phenoxy) is 2. The Balaban J connectivity index is 2.29. The Morgan fingerprint density at radius 2 is 2.11 bits per heavy atom. The fourth-order valence-electron chi connectivity index (χ4n) is 1.02. The van der Waals surface area contributed by atoms with E-state index >= 15 is 0 Å². The molecule has 0 aliphatic heterocycles. The summed E-state index contributed by atoms with van der Waals surface area (Å²) in [6.07, 6.45) is 0. The van der Waals surface area contributed by atoms with E-state index in [4.69, 9.17) is 14.3 Å². The zero-order valence-corrected chi connectivity index (χ0v) is 12.9. The molecule has 0 saturated heterocycles. The van der Waals surface area contributed by atoms with Crippen LogP contribution in [-0.4, -0.2) is 32.8 Å². The normalized spacial score (nSPS) is 10.2. The molecular formula is C11H13Br2NO4. The first kappa shape index (κ1) is 15.4. The highest BCUT2D eigenvalue weighted by Gasteiger charge is 2.05. The molecule has 0 aromatic heterocycles. The van der Waals surface area contributed by atoms with E-state index in [1.165, 1.54) is 0 Å². The zero-order valence-electron chi connectivity index (χ0n) is 9.74. The predicted molar refractivity (Wildman–Crippen MR) is 73.3 cm³/mol. The minimum Gasteiger partial charge on any atom is -0.483 e. The van der Waals surface area contributed by atoms with Crippen molar-refractivity contribution in [3.8, 4) is 5.75 Å². The van der Waals surface area contributed by atoms with Crippen molar-refractivity contribution in [2.45, 2.75) is 0 Å². The van der Waals surface area contributed by atoms with Crippen molar-refractivity contribution in [3.05, 3.63) is 27.1 Å². The van der Waals surface area contributed by atoms with Crippen molar-refractivity contribution in [2.24, 2.45) is 0 Å². The number of hydrogen-bond donors (Lipinski definition) is 1. The number of amides is 1. The molecule has 0 spiro atoms. The first-order valence-electron chi connectivity index (χ1n) is 5.11. The molecule has 0 fully saturated rings. The van der Waals surface area contributed by atoms with Crippen LogP contribution in [0.4, 0.5) is 0 Å². The molecule has 1 amide bonds. The van der Waals surface area contributed by atoms with Crippen molar-refractivity contribution in [2.75, 3.05) is 26.9 Å². The number of methoxy groups -OCH3 is 1. The van der Waals surface area contributed by atoms with Crippen molar-refractivity contribution >= 4 is 37.8 Å². The minimum absolute atomic E-state index is 0.118. The lowest BCUT2D eigenvalue weighted by atomic mass is 10.3. The lowest BCUT2D eigenvalue weighted by molar-refractivity contribution is -0.136. The highest BCUT2D eigenvalue weighted by atomic mass is 79.9. The van der Waals surface area contributed by atoms with Crippen LogP contribution in [0.5, 0.6) is 5.75 Å². The van der Waals surface area contributed by atoms with Gasteiger partial charge in [0.05, 0.1) is 17.7 Å². The SMILES string of the molecule is COCCONC(=O)COc1ccc(Br)cc1Br. The number of rotatable bonds is 7. The van der Waals surface area contributed by atoms with Crippen LogP contribution in [0.25, 0.3) is 0 Å². The molecule has 0 unspecified atom stereocenters. The fourth-order valence-corrected chi connectivity index (χ4v) is 2.18. The van der Waals surface area contributed by atoms with Gasteiger partial charge < -0.3 is 9.47 Å². The van der Waals surface area contributed by atoms with Crippen LogP contribution >= 0.6 is 31.9 Å². The van der Waals surface area contributed by atoms with Crippen molar-refractivity contribution in [1.29, 1.82) is 0 Å². The van der Waals surface area contributed by atoms with Crippen LogP contribution in [0.15, 0.2) is 27.1 Å². The Morgan fingerprint density at radius 1 is 1.33 bits per heavy atom. The summed E-state index contributed by atoms with van der Waals surface area (Å²) in [5.41, 5.74) is 2.25. The maximum Gasteiger partial charge on any atom is 0.281 e. The standard InChI is InChI=1S/C11H13Br2NO4/c1-16-4-5-18-14-11(15)7-17-10-3-2-8(12)6-9(10)13/h2-3,6H,4-5,7H2,1H3,(H,14,15). The number of nitrogens with one attached hydrogen (secondary N) is 1. The number of hydroxylamine groups is 1. The average molecular weight is 383 g/mol. The van der Waals surface area contributed by atoms with E-state index in [9.17, 15) is 4.79 Å². The summed E-state index contributed by atoms with van der Waals surface area (Å²) < 4.78 is 11.8. The molecule has 1 aromatic rings. The third-order valence-electron chi connectivity index (χ3n) is 1.83. The van der Waals surface area contributed by atoms with Gasteiger partial charge in [0.2, 0.25) is 0 Å². The van der Waals surface area contributed by atoms with Crippen LogP contribution < -0.4 is 10.2 Å². The van der Waals surface area contributed by atoms with Gasteiger partial charge >= 0.3 is 0 Å². The summed E-state index contributed by atoms with van der Waals surface area (Å²) in [6, 6.07) is 5.42. The first-order valence-corrected chi connectivity index (χ1v) is 6.69. The molecule has 0 atom stereocenters. The summed E-state index contributed by atoms with van der Waals surface area (Å²) in [7, 11) is 1.55. The third-order valence-corrected chi connectivity index (χ3v) is 2.94. The highest BCUT2D eigenvalue weighted by Crippen LogP contribution is 2.27. The summed E-state index contributed by atoms with van der Waals surface area (Å²) in [5.74, 6) is 0.228. The molecule has 100 valence electrons. The summed E-state index contributed by atoms with van der Waals surface area (Å²) in [6.45, 7) is 0.594. The van der Waals surface area contributed by atoms with Crippen LogP contribution in [0.2, 0.25) is 0 Å². The second kappa shape index (κ2) is 8.47. The number of halogens is 2. The Hall–Kier alpha value is -0.630. The minimum atomic E-state index is -0.360. The predicted octanol–water partition coefficient (Wildman–Crippen LogP) is 2.28. The quantitative estimate of drug-likeness (QED) is 0.580. The van der Waals surface area contributed by atoms with E-state index in [-0.39, 0.29) is 12.5 Å². The molecule has 1 rings (SSSR count). The van der Waals surface area contributed by atoms with Gasteiger partial charge in [0, 0.05) is 11.6 Å². The van der Waals surface area contributed by atoms with Crippen LogP contribution in [0.1, 0.15) is 0 Å². The Kier molecular flexibility index (Phi) is 7.26. The molecule has 0 saturated carbocycles. The maximum absolute atomic E-state index is 11.3. The largest absolute Gasteiger partial charge is 0.483 e. The van der Waals surface area contributed by atoms with Gasteiger partial charge in [0.15, 0.2) is 6.61 Å².